The smallest absolute Gasteiger partial charge is 0.263 e. The lowest BCUT2D eigenvalue weighted by atomic mass is 9.98. The highest BCUT2D eigenvalue weighted by Crippen LogP contribution is 2.39. The summed E-state index contributed by atoms with van der Waals surface area (Å²) >= 11 is 6.29. The Kier molecular flexibility index (Phi) is 4.86. The van der Waals surface area contributed by atoms with Crippen LogP contribution in [0.1, 0.15) is 37.3 Å². The molecule has 4 rings (SSSR count). The number of hydrogen-bond donors (Lipinski definition) is 1. The molecule has 1 aliphatic rings. The predicted molar refractivity (Wildman–Crippen MR) is 96.6 cm³/mol. The average molecular weight is 381 g/mol. The highest BCUT2D eigenvalue weighted by Gasteiger charge is 2.36. The van der Waals surface area contributed by atoms with Gasteiger partial charge in [0, 0.05) is 5.56 Å². The predicted octanol–water partition coefficient (Wildman–Crippen LogP) is 4.50. The van der Waals surface area contributed by atoms with E-state index in [0.717, 1.165) is 31.2 Å². The van der Waals surface area contributed by atoms with Gasteiger partial charge in [-0.2, -0.15) is 4.98 Å². The molecule has 0 unspecified atom stereocenters. The van der Waals surface area contributed by atoms with E-state index in [1.54, 1.807) is 13.0 Å². The molecule has 0 atom stereocenters. The van der Waals surface area contributed by atoms with Gasteiger partial charge in [0.15, 0.2) is 5.82 Å². The SMILES string of the molecule is Cc1onc(-c2ccccc2Cl)c1-c1nc(C2(N)CCCC2)no1.Cl. The monoisotopic (exact) mass is 380 g/mol. The van der Waals surface area contributed by atoms with Crippen LogP contribution in [0, 0.1) is 6.92 Å². The van der Waals surface area contributed by atoms with Gasteiger partial charge in [-0.1, -0.05) is 53.0 Å². The Morgan fingerprint density at radius 3 is 2.56 bits per heavy atom. The van der Waals surface area contributed by atoms with E-state index in [2.05, 4.69) is 15.3 Å². The number of rotatable bonds is 3. The van der Waals surface area contributed by atoms with Crippen molar-refractivity contribution in [2.24, 2.45) is 5.73 Å². The summed E-state index contributed by atoms with van der Waals surface area (Å²) in [4.78, 5) is 4.54. The van der Waals surface area contributed by atoms with E-state index in [0.29, 0.717) is 33.8 Å². The Labute approximate surface area is 156 Å². The molecule has 132 valence electrons. The van der Waals surface area contributed by atoms with Gasteiger partial charge in [0.25, 0.3) is 5.89 Å². The number of nitrogens with two attached hydrogens (primary N) is 1. The fourth-order valence-corrected chi connectivity index (χ4v) is 3.44. The van der Waals surface area contributed by atoms with Crippen LogP contribution in [0.5, 0.6) is 0 Å². The quantitative estimate of drug-likeness (QED) is 0.718. The molecule has 1 aliphatic carbocycles. The first-order chi connectivity index (χ1) is 11.6. The Balaban J connectivity index is 0.00000182. The molecule has 8 heteroatoms. The number of halogens is 2. The Morgan fingerprint density at radius 1 is 1.12 bits per heavy atom. The maximum atomic E-state index is 6.41. The minimum atomic E-state index is -0.503. The third-order valence-electron chi connectivity index (χ3n) is 4.57. The summed E-state index contributed by atoms with van der Waals surface area (Å²) in [6.07, 6.45) is 3.90. The van der Waals surface area contributed by atoms with E-state index in [9.17, 15) is 0 Å². The van der Waals surface area contributed by atoms with Gasteiger partial charge in [-0.25, -0.2) is 0 Å². The molecular weight excluding hydrogens is 363 g/mol. The van der Waals surface area contributed by atoms with E-state index in [1.165, 1.54) is 0 Å². The molecule has 6 nitrogen and oxygen atoms in total. The van der Waals surface area contributed by atoms with Crippen molar-refractivity contribution in [3.8, 4) is 22.7 Å². The van der Waals surface area contributed by atoms with Crippen molar-refractivity contribution < 1.29 is 9.05 Å². The van der Waals surface area contributed by atoms with E-state index in [4.69, 9.17) is 26.4 Å². The summed E-state index contributed by atoms with van der Waals surface area (Å²) in [7, 11) is 0. The molecule has 0 spiro atoms. The summed E-state index contributed by atoms with van der Waals surface area (Å²) in [5.41, 5.74) is 7.91. The van der Waals surface area contributed by atoms with Gasteiger partial charge >= 0.3 is 0 Å². The minimum Gasteiger partial charge on any atom is -0.360 e. The van der Waals surface area contributed by atoms with Crippen molar-refractivity contribution in [2.45, 2.75) is 38.1 Å². The van der Waals surface area contributed by atoms with Crippen molar-refractivity contribution >= 4 is 24.0 Å². The molecule has 0 bridgehead atoms. The van der Waals surface area contributed by atoms with E-state index < -0.39 is 5.54 Å². The topological polar surface area (TPSA) is 91.0 Å². The van der Waals surface area contributed by atoms with Crippen molar-refractivity contribution in [3.63, 3.8) is 0 Å². The van der Waals surface area contributed by atoms with Crippen LogP contribution in [-0.4, -0.2) is 15.3 Å². The highest BCUT2D eigenvalue weighted by atomic mass is 35.5. The van der Waals surface area contributed by atoms with Gasteiger partial charge in [-0.3, -0.25) is 0 Å². The molecule has 3 aromatic rings. The maximum Gasteiger partial charge on any atom is 0.263 e. The van der Waals surface area contributed by atoms with Crippen LogP contribution in [0.15, 0.2) is 33.3 Å². The van der Waals surface area contributed by atoms with Crippen LogP contribution in [-0.2, 0) is 5.54 Å². The first-order valence-electron chi connectivity index (χ1n) is 7.93. The number of aromatic nitrogens is 3. The van der Waals surface area contributed by atoms with Crippen molar-refractivity contribution in [1.82, 2.24) is 15.3 Å². The molecule has 0 saturated heterocycles. The molecule has 0 aliphatic heterocycles. The van der Waals surface area contributed by atoms with E-state index in [-0.39, 0.29) is 12.4 Å². The molecule has 1 saturated carbocycles. The second-order valence-corrected chi connectivity index (χ2v) is 6.64. The molecule has 0 radical (unpaired) electrons. The van der Waals surface area contributed by atoms with Gasteiger partial charge in [-0.15, -0.1) is 12.4 Å². The number of aryl methyl sites for hydroxylation is 1. The molecule has 2 aromatic heterocycles. The zero-order chi connectivity index (χ0) is 16.7. The largest absolute Gasteiger partial charge is 0.360 e. The molecular formula is C17H18Cl2N4O2. The number of nitrogens with zero attached hydrogens (tertiary/aromatic N) is 3. The lowest BCUT2D eigenvalue weighted by Gasteiger charge is -2.17. The third kappa shape index (κ3) is 3.05. The van der Waals surface area contributed by atoms with Crippen molar-refractivity contribution in [2.75, 3.05) is 0 Å². The second-order valence-electron chi connectivity index (χ2n) is 6.23. The van der Waals surface area contributed by atoms with Crippen LogP contribution in [0.25, 0.3) is 22.7 Å². The molecule has 0 amide bonds. The third-order valence-corrected chi connectivity index (χ3v) is 4.90. The number of benzene rings is 1. The van der Waals surface area contributed by atoms with Crippen LogP contribution >= 0.6 is 24.0 Å². The summed E-state index contributed by atoms with van der Waals surface area (Å²) in [6, 6.07) is 7.43. The van der Waals surface area contributed by atoms with Gasteiger partial charge in [0.1, 0.15) is 17.0 Å². The van der Waals surface area contributed by atoms with E-state index in [1.807, 2.05) is 18.2 Å². The fraction of sp³-hybridized carbons (Fsp3) is 0.353. The Hall–Kier alpha value is -1.89. The Morgan fingerprint density at radius 2 is 1.84 bits per heavy atom. The summed E-state index contributed by atoms with van der Waals surface area (Å²) in [6.45, 7) is 1.81. The van der Waals surface area contributed by atoms with Gasteiger partial charge in [-0.05, 0) is 25.8 Å². The first kappa shape index (κ1) is 17.9. The summed E-state index contributed by atoms with van der Waals surface area (Å²) in [5.74, 6) is 1.49. The van der Waals surface area contributed by atoms with Crippen LogP contribution < -0.4 is 5.73 Å². The van der Waals surface area contributed by atoms with Gasteiger partial charge in [0.2, 0.25) is 0 Å². The Bertz CT molecular complexity index is 884. The van der Waals surface area contributed by atoms with Crippen molar-refractivity contribution in [3.05, 3.63) is 40.9 Å². The minimum absolute atomic E-state index is 0. The van der Waals surface area contributed by atoms with E-state index >= 15 is 0 Å². The normalized spacial score (nSPS) is 16.0. The summed E-state index contributed by atoms with van der Waals surface area (Å²) < 4.78 is 10.8. The lowest BCUT2D eigenvalue weighted by Crippen LogP contribution is -2.34. The molecule has 1 aromatic carbocycles. The van der Waals surface area contributed by atoms with Crippen LogP contribution in [0.3, 0.4) is 0 Å². The molecule has 2 N–H and O–H groups in total. The molecule has 25 heavy (non-hydrogen) atoms. The standard InChI is InChI=1S/C17H17ClN4O2.ClH/c1-10-13(14(21-23-10)11-6-2-3-7-12(11)18)15-20-16(22-24-15)17(19)8-4-5-9-17;/h2-3,6-7H,4-5,8-9,19H2,1H3;1H. The first-order valence-corrected chi connectivity index (χ1v) is 8.31. The summed E-state index contributed by atoms with van der Waals surface area (Å²) in [5, 5.41) is 8.82. The van der Waals surface area contributed by atoms with Gasteiger partial charge < -0.3 is 14.8 Å². The second kappa shape index (κ2) is 6.78. The zero-order valence-corrected chi connectivity index (χ0v) is 15.2. The maximum absolute atomic E-state index is 6.41. The van der Waals surface area contributed by atoms with Crippen LogP contribution in [0.4, 0.5) is 0 Å². The van der Waals surface area contributed by atoms with Crippen LogP contribution in [0.2, 0.25) is 5.02 Å². The fourth-order valence-electron chi connectivity index (χ4n) is 3.22. The molecule has 1 fully saturated rings. The number of hydrogen-bond acceptors (Lipinski definition) is 6. The van der Waals surface area contributed by atoms with Crippen molar-refractivity contribution in [1.29, 1.82) is 0 Å². The average Bonchev–Trinajstić information content (AvgIpc) is 3.28. The highest BCUT2D eigenvalue weighted by molar-refractivity contribution is 6.33. The zero-order valence-electron chi connectivity index (χ0n) is 13.7. The molecule has 2 heterocycles. The van der Waals surface area contributed by atoms with Gasteiger partial charge in [0.05, 0.1) is 10.6 Å². The lowest BCUT2D eigenvalue weighted by molar-refractivity contribution is 0.371.